The zero-order valence-electron chi connectivity index (χ0n) is 15.1. The van der Waals surface area contributed by atoms with Gasteiger partial charge < -0.3 is 20.3 Å². The molecule has 1 heterocycles. The largest absolute Gasteiger partial charge is 0.383 e. The Hall–Kier alpha value is -2.15. The fraction of sp³-hybridized carbons (Fsp3) is 0.588. The summed E-state index contributed by atoms with van der Waals surface area (Å²) in [4.78, 5) is 22.5. The van der Waals surface area contributed by atoms with Crippen LogP contribution in [0.4, 0.5) is 0 Å². The quantitative estimate of drug-likeness (QED) is 0.512. The Labute approximate surface area is 144 Å². The highest BCUT2D eigenvalue weighted by atomic mass is 16.5. The van der Waals surface area contributed by atoms with Gasteiger partial charge in [-0.15, -0.1) is 0 Å². The van der Waals surface area contributed by atoms with Crippen molar-refractivity contribution in [2.24, 2.45) is 4.99 Å². The van der Waals surface area contributed by atoms with E-state index in [-0.39, 0.29) is 18.5 Å². The molecule has 1 amide bonds. The molecule has 0 fully saturated rings. The molecule has 2 N–H and O–H groups in total. The van der Waals surface area contributed by atoms with Gasteiger partial charge in [0.15, 0.2) is 5.96 Å². The number of amides is 1. The van der Waals surface area contributed by atoms with Gasteiger partial charge in [-0.3, -0.25) is 9.78 Å². The first-order valence-corrected chi connectivity index (χ1v) is 8.24. The first kappa shape index (κ1) is 19.9. The van der Waals surface area contributed by atoms with Crippen LogP contribution in [-0.2, 0) is 16.0 Å². The number of aliphatic imine (C=N–C) groups is 1. The van der Waals surface area contributed by atoms with Crippen LogP contribution in [0, 0.1) is 0 Å². The highest BCUT2D eigenvalue weighted by Crippen LogP contribution is 1.97. The summed E-state index contributed by atoms with van der Waals surface area (Å²) < 4.78 is 5.09. The molecular formula is C17H29N5O2. The predicted molar refractivity (Wildman–Crippen MR) is 96.0 cm³/mol. The molecule has 24 heavy (non-hydrogen) atoms. The molecule has 0 saturated carbocycles. The van der Waals surface area contributed by atoms with Gasteiger partial charge in [-0.2, -0.15) is 0 Å². The van der Waals surface area contributed by atoms with Gasteiger partial charge >= 0.3 is 0 Å². The maximum atomic E-state index is 12.2. The first-order valence-electron chi connectivity index (χ1n) is 8.24. The minimum Gasteiger partial charge on any atom is -0.383 e. The van der Waals surface area contributed by atoms with Gasteiger partial charge in [0, 0.05) is 51.6 Å². The Morgan fingerprint density at radius 3 is 2.88 bits per heavy atom. The zero-order chi connectivity index (χ0) is 17.8. The van der Waals surface area contributed by atoms with Crippen molar-refractivity contribution in [3.63, 3.8) is 0 Å². The van der Waals surface area contributed by atoms with Crippen LogP contribution in [0.5, 0.6) is 0 Å². The van der Waals surface area contributed by atoms with E-state index in [1.165, 1.54) is 0 Å². The van der Waals surface area contributed by atoms with E-state index in [1.807, 2.05) is 32.0 Å². The lowest BCUT2D eigenvalue weighted by Crippen LogP contribution is -2.44. The highest BCUT2D eigenvalue weighted by molar-refractivity contribution is 5.85. The van der Waals surface area contributed by atoms with Crippen LogP contribution in [0.3, 0.4) is 0 Å². The maximum absolute atomic E-state index is 12.2. The summed E-state index contributed by atoms with van der Waals surface area (Å²) >= 11 is 0. The van der Waals surface area contributed by atoms with Crippen LogP contribution in [0.1, 0.15) is 19.5 Å². The van der Waals surface area contributed by atoms with E-state index in [2.05, 4.69) is 20.6 Å². The Morgan fingerprint density at radius 1 is 1.46 bits per heavy atom. The van der Waals surface area contributed by atoms with E-state index >= 15 is 0 Å². The Morgan fingerprint density at radius 2 is 2.25 bits per heavy atom. The molecule has 7 heteroatoms. The minimum atomic E-state index is -0.0254. The van der Waals surface area contributed by atoms with Crippen LogP contribution in [0.15, 0.2) is 29.4 Å². The molecule has 0 bridgehead atoms. The van der Waals surface area contributed by atoms with Crippen molar-refractivity contribution in [1.29, 1.82) is 0 Å². The summed E-state index contributed by atoms with van der Waals surface area (Å²) in [5.74, 6) is 0.594. The van der Waals surface area contributed by atoms with E-state index in [1.54, 1.807) is 25.3 Å². The number of likely N-dealkylation sites (N-methyl/N-ethyl adjacent to an activating group) is 1. The Bertz CT molecular complexity index is 507. The molecule has 0 saturated heterocycles. The standard InChI is InChI=1S/C17H29N5O2/c1-5-18-17(21-14(2)13-24-4)20-12-16(23)22(3)11-9-15-8-6-7-10-19-15/h6-8,10,14H,5,9,11-13H2,1-4H3,(H2,18,20,21). The van der Waals surface area contributed by atoms with Crippen molar-refractivity contribution in [1.82, 2.24) is 20.5 Å². The Balaban J connectivity index is 2.47. The summed E-state index contributed by atoms with van der Waals surface area (Å²) in [6.07, 6.45) is 2.49. The number of nitrogens with one attached hydrogen (secondary N) is 2. The molecule has 1 aromatic rings. The molecule has 0 aliphatic rings. The average Bonchev–Trinajstić information content (AvgIpc) is 2.58. The number of guanidine groups is 1. The Kier molecular flexibility index (Phi) is 9.45. The number of hydrogen-bond donors (Lipinski definition) is 2. The molecule has 7 nitrogen and oxygen atoms in total. The number of carbonyl (C=O) groups excluding carboxylic acids is 1. The van der Waals surface area contributed by atoms with Crippen molar-refractivity contribution in [2.75, 3.05) is 40.4 Å². The van der Waals surface area contributed by atoms with Crippen LogP contribution < -0.4 is 10.6 Å². The lowest BCUT2D eigenvalue weighted by molar-refractivity contribution is -0.128. The van der Waals surface area contributed by atoms with Gasteiger partial charge in [0.25, 0.3) is 0 Å². The molecule has 1 atom stereocenters. The van der Waals surface area contributed by atoms with Crippen molar-refractivity contribution >= 4 is 11.9 Å². The number of pyridine rings is 1. The third-order valence-electron chi connectivity index (χ3n) is 3.37. The molecule has 0 aliphatic carbocycles. The number of ether oxygens (including phenoxy) is 1. The highest BCUT2D eigenvalue weighted by Gasteiger charge is 2.10. The molecule has 134 valence electrons. The van der Waals surface area contributed by atoms with Gasteiger partial charge in [0.05, 0.1) is 6.61 Å². The van der Waals surface area contributed by atoms with E-state index in [9.17, 15) is 4.79 Å². The van der Waals surface area contributed by atoms with E-state index in [0.717, 1.165) is 18.7 Å². The fourth-order valence-corrected chi connectivity index (χ4v) is 2.07. The average molecular weight is 335 g/mol. The summed E-state index contributed by atoms with van der Waals surface area (Å²) in [5, 5.41) is 6.33. The lowest BCUT2D eigenvalue weighted by atomic mass is 10.2. The summed E-state index contributed by atoms with van der Waals surface area (Å²) in [6, 6.07) is 5.90. The molecular weight excluding hydrogens is 306 g/mol. The topological polar surface area (TPSA) is 78.9 Å². The summed E-state index contributed by atoms with van der Waals surface area (Å²) in [5.41, 5.74) is 0.976. The van der Waals surface area contributed by atoms with E-state index < -0.39 is 0 Å². The third kappa shape index (κ3) is 7.92. The lowest BCUT2D eigenvalue weighted by Gasteiger charge is -2.18. The zero-order valence-corrected chi connectivity index (χ0v) is 15.1. The monoisotopic (exact) mass is 335 g/mol. The van der Waals surface area contributed by atoms with Crippen LogP contribution >= 0.6 is 0 Å². The van der Waals surface area contributed by atoms with E-state index in [0.29, 0.717) is 19.1 Å². The molecule has 1 unspecified atom stereocenters. The van der Waals surface area contributed by atoms with E-state index in [4.69, 9.17) is 4.74 Å². The van der Waals surface area contributed by atoms with Crippen molar-refractivity contribution in [2.45, 2.75) is 26.3 Å². The SMILES string of the molecule is CCNC(=NCC(=O)N(C)CCc1ccccn1)NC(C)COC. The number of hydrogen-bond acceptors (Lipinski definition) is 4. The van der Waals surface area contributed by atoms with Crippen molar-refractivity contribution in [3.8, 4) is 0 Å². The van der Waals surface area contributed by atoms with Crippen molar-refractivity contribution < 1.29 is 9.53 Å². The van der Waals surface area contributed by atoms with Crippen LogP contribution in [0.25, 0.3) is 0 Å². The van der Waals surface area contributed by atoms with Gasteiger partial charge in [-0.1, -0.05) is 6.07 Å². The minimum absolute atomic E-state index is 0.0254. The number of rotatable bonds is 9. The normalized spacial score (nSPS) is 12.6. The first-order chi connectivity index (χ1) is 11.6. The molecule has 0 aliphatic heterocycles. The van der Waals surface area contributed by atoms with Gasteiger partial charge in [0.2, 0.25) is 5.91 Å². The second-order valence-corrected chi connectivity index (χ2v) is 5.58. The molecule has 0 radical (unpaired) electrons. The number of nitrogens with zero attached hydrogens (tertiary/aromatic N) is 3. The van der Waals surface area contributed by atoms with Gasteiger partial charge in [-0.25, -0.2) is 4.99 Å². The maximum Gasteiger partial charge on any atom is 0.244 e. The molecule has 0 aromatic carbocycles. The van der Waals surface area contributed by atoms with Crippen molar-refractivity contribution in [3.05, 3.63) is 30.1 Å². The summed E-state index contributed by atoms with van der Waals surface area (Å²) in [6.45, 7) is 6.01. The van der Waals surface area contributed by atoms with Gasteiger partial charge in [-0.05, 0) is 26.0 Å². The second kappa shape index (κ2) is 11.4. The molecule has 0 spiro atoms. The van der Waals surface area contributed by atoms with Crippen LogP contribution in [-0.4, -0.2) is 68.2 Å². The number of carbonyl (C=O) groups is 1. The van der Waals surface area contributed by atoms with Crippen LogP contribution in [0.2, 0.25) is 0 Å². The van der Waals surface area contributed by atoms with Gasteiger partial charge in [0.1, 0.15) is 6.54 Å². The smallest absolute Gasteiger partial charge is 0.244 e. The number of methoxy groups -OCH3 is 1. The number of aromatic nitrogens is 1. The molecule has 1 aromatic heterocycles. The second-order valence-electron chi connectivity index (χ2n) is 5.58. The predicted octanol–water partition coefficient (Wildman–Crippen LogP) is 0.673. The fourth-order valence-electron chi connectivity index (χ4n) is 2.07. The summed E-state index contributed by atoms with van der Waals surface area (Å²) in [7, 11) is 3.44. The molecule has 1 rings (SSSR count). The third-order valence-corrected chi connectivity index (χ3v) is 3.37.